The number of hydrogen-bond donors (Lipinski definition) is 2. The number of nitrogens with two attached hydrogens (primary N) is 1. The van der Waals surface area contributed by atoms with E-state index >= 15 is 0 Å². The summed E-state index contributed by atoms with van der Waals surface area (Å²) < 4.78 is 10.8. The normalized spacial score (nSPS) is 37.3. The first-order valence-electron chi connectivity index (χ1n) is 6.68. The summed E-state index contributed by atoms with van der Waals surface area (Å²) in [6, 6.07) is 1.98. The molecule has 2 heterocycles. The highest BCUT2D eigenvalue weighted by Crippen LogP contribution is 2.57. The maximum atomic E-state index is 6.64. The lowest BCUT2D eigenvalue weighted by Gasteiger charge is -2.62. The number of furan rings is 1. The van der Waals surface area contributed by atoms with Crippen LogP contribution in [0.5, 0.6) is 0 Å². The van der Waals surface area contributed by atoms with Crippen LogP contribution in [0.25, 0.3) is 0 Å². The van der Waals surface area contributed by atoms with Gasteiger partial charge in [-0.2, -0.15) is 0 Å². The average molecular weight is 250 g/mol. The van der Waals surface area contributed by atoms with E-state index in [2.05, 4.69) is 19.2 Å². The Labute approximate surface area is 108 Å². The van der Waals surface area contributed by atoms with E-state index in [0.717, 1.165) is 31.7 Å². The number of fused-ring (bicyclic) bond motifs is 1. The van der Waals surface area contributed by atoms with Crippen LogP contribution >= 0.6 is 0 Å². The van der Waals surface area contributed by atoms with Crippen LogP contribution in [0.3, 0.4) is 0 Å². The van der Waals surface area contributed by atoms with Crippen molar-refractivity contribution in [2.75, 3.05) is 13.2 Å². The summed E-state index contributed by atoms with van der Waals surface area (Å²) in [4.78, 5) is 0. The van der Waals surface area contributed by atoms with Gasteiger partial charge in [0.25, 0.3) is 0 Å². The zero-order chi connectivity index (χ0) is 12.8. The van der Waals surface area contributed by atoms with Gasteiger partial charge in [-0.25, -0.2) is 0 Å². The van der Waals surface area contributed by atoms with E-state index in [1.54, 1.807) is 12.5 Å². The summed E-state index contributed by atoms with van der Waals surface area (Å²) in [5.41, 5.74) is 7.70. The zero-order valence-corrected chi connectivity index (χ0v) is 11.1. The molecule has 0 spiro atoms. The monoisotopic (exact) mass is 250 g/mol. The van der Waals surface area contributed by atoms with Crippen molar-refractivity contribution < 1.29 is 9.15 Å². The summed E-state index contributed by atoms with van der Waals surface area (Å²) in [7, 11) is 0. The van der Waals surface area contributed by atoms with Gasteiger partial charge in [-0.05, 0) is 12.5 Å². The minimum Gasteiger partial charge on any atom is -0.472 e. The predicted octanol–water partition coefficient (Wildman–Crippen LogP) is 1.51. The molecule has 4 heteroatoms. The van der Waals surface area contributed by atoms with Crippen molar-refractivity contribution in [2.45, 2.75) is 38.5 Å². The van der Waals surface area contributed by atoms with Gasteiger partial charge in [0.15, 0.2) is 0 Å². The van der Waals surface area contributed by atoms with Gasteiger partial charge in [-0.1, -0.05) is 13.8 Å². The van der Waals surface area contributed by atoms with Gasteiger partial charge in [0, 0.05) is 42.1 Å². The highest BCUT2D eigenvalue weighted by molar-refractivity contribution is 5.21. The highest BCUT2D eigenvalue weighted by Gasteiger charge is 2.67. The van der Waals surface area contributed by atoms with E-state index < -0.39 is 0 Å². The molecule has 18 heavy (non-hydrogen) atoms. The fraction of sp³-hybridized carbons (Fsp3) is 0.714. The zero-order valence-electron chi connectivity index (χ0n) is 11.1. The molecule has 1 aliphatic heterocycles. The lowest BCUT2D eigenvalue weighted by Crippen LogP contribution is -2.77. The molecule has 0 radical (unpaired) electrons. The molecule has 1 saturated carbocycles. The second-order valence-electron chi connectivity index (χ2n) is 6.18. The van der Waals surface area contributed by atoms with E-state index in [1.165, 1.54) is 0 Å². The first kappa shape index (κ1) is 12.2. The maximum absolute atomic E-state index is 6.64. The van der Waals surface area contributed by atoms with Gasteiger partial charge in [0.1, 0.15) is 0 Å². The predicted molar refractivity (Wildman–Crippen MR) is 69.0 cm³/mol. The van der Waals surface area contributed by atoms with Crippen molar-refractivity contribution in [1.82, 2.24) is 5.32 Å². The summed E-state index contributed by atoms with van der Waals surface area (Å²) in [6.45, 7) is 6.94. The molecule has 0 bridgehead atoms. The molecule has 100 valence electrons. The summed E-state index contributed by atoms with van der Waals surface area (Å²) in [5, 5.41) is 3.46. The minimum atomic E-state index is -0.155. The Morgan fingerprint density at radius 3 is 3.06 bits per heavy atom. The quantitative estimate of drug-likeness (QED) is 0.850. The standard InChI is InChI=1S/C14H22N2O2/c1-13(2)12-11(4-6-18-12)14(13,15)9-16-7-10-3-5-17-8-10/h3,5,8,11-12,16H,4,6-7,9,15H2,1-2H3. The summed E-state index contributed by atoms with van der Waals surface area (Å²) in [6.07, 6.45) is 4.91. The topological polar surface area (TPSA) is 60.4 Å². The van der Waals surface area contributed by atoms with Crippen LogP contribution in [0.4, 0.5) is 0 Å². The Kier molecular flexibility index (Phi) is 2.77. The number of nitrogens with one attached hydrogen (secondary N) is 1. The molecule has 1 saturated heterocycles. The minimum absolute atomic E-state index is 0.0531. The second kappa shape index (κ2) is 4.08. The van der Waals surface area contributed by atoms with E-state index in [1.807, 2.05) is 6.07 Å². The molecular formula is C14H22N2O2. The van der Waals surface area contributed by atoms with E-state index in [9.17, 15) is 0 Å². The molecule has 3 atom stereocenters. The van der Waals surface area contributed by atoms with Crippen LogP contribution in [0, 0.1) is 11.3 Å². The third-order valence-electron chi connectivity index (χ3n) is 4.99. The van der Waals surface area contributed by atoms with Gasteiger partial charge >= 0.3 is 0 Å². The molecular weight excluding hydrogens is 228 g/mol. The van der Waals surface area contributed by atoms with Crippen molar-refractivity contribution in [3.8, 4) is 0 Å². The Morgan fingerprint density at radius 1 is 1.50 bits per heavy atom. The maximum Gasteiger partial charge on any atom is 0.0947 e. The molecule has 3 unspecified atom stereocenters. The van der Waals surface area contributed by atoms with Crippen molar-refractivity contribution in [3.05, 3.63) is 24.2 Å². The Balaban J connectivity index is 1.61. The van der Waals surface area contributed by atoms with Crippen molar-refractivity contribution in [2.24, 2.45) is 17.1 Å². The Hall–Kier alpha value is -0.840. The molecule has 4 nitrogen and oxygen atoms in total. The first-order valence-corrected chi connectivity index (χ1v) is 6.68. The number of hydrogen-bond acceptors (Lipinski definition) is 4. The van der Waals surface area contributed by atoms with Crippen LogP contribution in [-0.4, -0.2) is 24.8 Å². The molecule has 0 amide bonds. The van der Waals surface area contributed by atoms with E-state index in [4.69, 9.17) is 14.9 Å². The fourth-order valence-corrected chi connectivity index (χ4v) is 3.64. The molecule has 3 rings (SSSR count). The van der Waals surface area contributed by atoms with Gasteiger partial charge in [0.05, 0.1) is 18.6 Å². The molecule has 3 N–H and O–H groups in total. The summed E-state index contributed by atoms with van der Waals surface area (Å²) in [5.74, 6) is 0.504. The van der Waals surface area contributed by atoms with Crippen molar-refractivity contribution >= 4 is 0 Å². The Bertz CT molecular complexity index is 415. The first-order chi connectivity index (χ1) is 8.56. The van der Waals surface area contributed by atoms with Crippen molar-refractivity contribution in [3.63, 3.8) is 0 Å². The molecule has 2 fully saturated rings. The van der Waals surface area contributed by atoms with Crippen LogP contribution < -0.4 is 11.1 Å². The second-order valence-corrected chi connectivity index (χ2v) is 6.18. The largest absolute Gasteiger partial charge is 0.472 e. The molecule has 1 aromatic heterocycles. The van der Waals surface area contributed by atoms with Gasteiger partial charge in [0.2, 0.25) is 0 Å². The lowest BCUT2D eigenvalue weighted by atomic mass is 9.48. The lowest BCUT2D eigenvalue weighted by molar-refractivity contribution is -0.153. The third kappa shape index (κ3) is 1.56. The molecule has 2 aliphatic rings. The van der Waals surface area contributed by atoms with E-state index in [0.29, 0.717) is 12.0 Å². The SMILES string of the molecule is CC1(C)C2OCCC2C1(N)CNCc1ccoc1. The average Bonchev–Trinajstić information content (AvgIpc) is 2.99. The van der Waals surface area contributed by atoms with Gasteiger partial charge in [-0.3, -0.25) is 0 Å². The van der Waals surface area contributed by atoms with Gasteiger partial charge < -0.3 is 20.2 Å². The van der Waals surface area contributed by atoms with Crippen molar-refractivity contribution in [1.29, 1.82) is 0 Å². The van der Waals surface area contributed by atoms with Crippen LogP contribution in [0.2, 0.25) is 0 Å². The van der Waals surface area contributed by atoms with Crippen LogP contribution in [0.1, 0.15) is 25.8 Å². The van der Waals surface area contributed by atoms with Gasteiger partial charge in [-0.15, -0.1) is 0 Å². The molecule has 1 aliphatic carbocycles. The smallest absolute Gasteiger partial charge is 0.0947 e. The Morgan fingerprint density at radius 2 is 2.33 bits per heavy atom. The molecule has 1 aromatic rings. The highest BCUT2D eigenvalue weighted by atomic mass is 16.5. The van der Waals surface area contributed by atoms with E-state index in [-0.39, 0.29) is 11.0 Å². The molecule has 0 aromatic carbocycles. The number of rotatable bonds is 4. The fourth-order valence-electron chi connectivity index (χ4n) is 3.64. The summed E-state index contributed by atoms with van der Waals surface area (Å²) >= 11 is 0. The van der Waals surface area contributed by atoms with Crippen LogP contribution in [0.15, 0.2) is 23.0 Å². The third-order valence-corrected chi connectivity index (χ3v) is 4.99. The number of ether oxygens (including phenoxy) is 1. The van der Waals surface area contributed by atoms with Crippen LogP contribution in [-0.2, 0) is 11.3 Å².